The van der Waals surface area contributed by atoms with Crippen LogP contribution < -0.4 is 5.32 Å². The molecule has 2 saturated heterocycles. The molecular formula is C16H22N2O3. The van der Waals surface area contributed by atoms with E-state index in [0.29, 0.717) is 18.2 Å². The van der Waals surface area contributed by atoms with Gasteiger partial charge in [-0.1, -0.05) is 0 Å². The van der Waals surface area contributed by atoms with Crippen molar-refractivity contribution in [2.24, 2.45) is 0 Å². The molecule has 3 rings (SSSR count). The molecule has 0 aromatic heterocycles. The average molecular weight is 290 g/mol. The van der Waals surface area contributed by atoms with Crippen molar-refractivity contribution in [2.75, 3.05) is 26.2 Å². The minimum absolute atomic E-state index is 0.0571. The van der Waals surface area contributed by atoms with Gasteiger partial charge >= 0.3 is 0 Å². The molecule has 21 heavy (non-hydrogen) atoms. The second kappa shape index (κ2) is 6.03. The molecule has 114 valence electrons. The molecule has 5 nitrogen and oxygen atoms in total. The smallest absolute Gasteiger partial charge is 0.251 e. The highest BCUT2D eigenvalue weighted by molar-refractivity contribution is 5.94. The highest BCUT2D eigenvalue weighted by Gasteiger charge is 2.32. The van der Waals surface area contributed by atoms with E-state index in [9.17, 15) is 9.90 Å². The van der Waals surface area contributed by atoms with Gasteiger partial charge in [0.05, 0.1) is 12.7 Å². The number of phenolic OH excluding ortho intramolecular Hbond substituents is 1. The topological polar surface area (TPSA) is 61.8 Å². The summed E-state index contributed by atoms with van der Waals surface area (Å²) in [7, 11) is 0. The first-order valence-electron chi connectivity index (χ1n) is 7.56. The number of aryl methyl sites for hydroxylation is 1. The van der Waals surface area contributed by atoms with E-state index in [1.165, 1.54) is 18.9 Å². The van der Waals surface area contributed by atoms with Gasteiger partial charge in [0.2, 0.25) is 0 Å². The van der Waals surface area contributed by atoms with Crippen molar-refractivity contribution in [2.45, 2.75) is 31.9 Å². The lowest BCUT2D eigenvalue weighted by Gasteiger charge is -2.35. The number of carbonyl (C=O) groups excluding carboxylic acids is 1. The van der Waals surface area contributed by atoms with Crippen molar-refractivity contribution >= 4 is 5.91 Å². The van der Waals surface area contributed by atoms with E-state index in [2.05, 4.69) is 10.2 Å². The van der Waals surface area contributed by atoms with Gasteiger partial charge in [0.25, 0.3) is 5.91 Å². The highest BCUT2D eigenvalue weighted by atomic mass is 16.5. The number of ether oxygens (including phenoxy) is 1. The van der Waals surface area contributed by atoms with E-state index < -0.39 is 0 Å². The fraction of sp³-hybridized carbons (Fsp3) is 0.562. The number of carbonyl (C=O) groups is 1. The molecule has 2 heterocycles. The Morgan fingerprint density at radius 3 is 3.14 bits per heavy atom. The number of amides is 1. The molecule has 1 amide bonds. The summed E-state index contributed by atoms with van der Waals surface area (Å²) in [5, 5.41) is 12.5. The van der Waals surface area contributed by atoms with Crippen LogP contribution >= 0.6 is 0 Å². The van der Waals surface area contributed by atoms with Crippen LogP contribution in [0.2, 0.25) is 0 Å². The Hall–Kier alpha value is -1.59. The molecule has 0 saturated carbocycles. The molecule has 0 unspecified atom stereocenters. The maximum atomic E-state index is 12.1. The second-order valence-electron chi connectivity index (χ2n) is 6.01. The minimum Gasteiger partial charge on any atom is -0.508 e. The zero-order chi connectivity index (χ0) is 14.8. The first-order chi connectivity index (χ1) is 10.1. The quantitative estimate of drug-likeness (QED) is 0.880. The van der Waals surface area contributed by atoms with Crippen molar-refractivity contribution in [3.63, 3.8) is 0 Å². The van der Waals surface area contributed by atoms with Gasteiger partial charge in [-0.25, -0.2) is 0 Å². The van der Waals surface area contributed by atoms with Gasteiger partial charge in [-0.05, 0) is 50.1 Å². The normalized spacial score (nSPS) is 25.6. The molecule has 2 aliphatic heterocycles. The number of fused-ring (bicyclic) bond motifs is 1. The zero-order valence-corrected chi connectivity index (χ0v) is 12.3. The number of nitrogens with one attached hydrogen (secondary N) is 1. The van der Waals surface area contributed by atoms with Gasteiger partial charge in [-0.15, -0.1) is 0 Å². The molecule has 0 spiro atoms. The van der Waals surface area contributed by atoms with Gasteiger partial charge in [0.1, 0.15) is 5.75 Å². The van der Waals surface area contributed by atoms with E-state index in [1.54, 1.807) is 12.1 Å². The number of morpholine rings is 1. The number of benzene rings is 1. The summed E-state index contributed by atoms with van der Waals surface area (Å²) in [5.74, 6) is -0.0462. The Bertz CT molecular complexity index is 512. The van der Waals surface area contributed by atoms with Crippen LogP contribution in [0.1, 0.15) is 28.8 Å². The average Bonchev–Trinajstić information content (AvgIpc) is 2.91. The molecular weight excluding hydrogens is 268 g/mol. The second-order valence-corrected chi connectivity index (χ2v) is 6.01. The molecule has 1 aromatic rings. The summed E-state index contributed by atoms with van der Waals surface area (Å²) in [4.78, 5) is 14.6. The molecule has 5 heteroatoms. The fourth-order valence-corrected chi connectivity index (χ4v) is 3.21. The van der Waals surface area contributed by atoms with Crippen LogP contribution in [-0.2, 0) is 4.74 Å². The molecule has 0 bridgehead atoms. The number of hydrogen-bond donors (Lipinski definition) is 2. The first-order valence-corrected chi connectivity index (χ1v) is 7.56. The van der Waals surface area contributed by atoms with Gasteiger partial charge in [0, 0.05) is 24.7 Å². The molecule has 0 radical (unpaired) electrons. The van der Waals surface area contributed by atoms with Gasteiger partial charge in [-0.3, -0.25) is 9.69 Å². The van der Waals surface area contributed by atoms with Crippen LogP contribution in [0.3, 0.4) is 0 Å². The molecule has 2 aliphatic rings. The van der Waals surface area contributed by atoms with Crippen LogP contribution in [0.4, 0.5) is 0 Å². The lowest BCUT2D eigenvalue weighted by molar-refractivity contribution is -0.0461. The van der Waals surface area contributed by atoms with Crippen LogP contribution in [0.25, 0.3) is 0 Å². The first kappa shape index (κ1) is 14.4. The Morgan fingerprint density at radius 2 is 2.33 bits per heavy atom. The van der Waals surface area contributed by atoms with Crippen molar-refractivity contribution in [1.82, 2.24) is 10.2 Å². The third-order valence-electron chi connectivity index (χ3n) is 4.28. The monoisotopic (exact) mass is 290 g/mol. The van der Waals surface area contributed by atoms with E-state index in [0.717, 1.165) is 25.3 Å². The van der Waals surface area contributed by atoms with E-state index in [4.69, 9.17) is 4.74 Å². The summed E-state index contributed by atoms with van der Waals surface area (Å²) in [6.45, 7) is 5.17. The number of rotatable bonds is 3. The Labute approximate surface area is 124 Å². The predicted molar refractivity (Wildman–Crippen MR) is 79.5 cm³/mol. The van der Waals surface area contributed by atoms with Crippen molar-refractivity contribution < 1.29 is 14.6 Å². The zero-order valence-electron chi connectivity index (χ0n) is 12.3. The summed E-state index contributed by atoms with van der Waals surface area (Å²) in [6.07, 6.45) is 2.53. The number of nitrogens with zero attached hydrogens (tertiary/aromatic N) is 1. The number of phenols is 1. The van der Waals surface area contributed by atoms with Crippen LogP contribution in [0.5, 0.6) is 5.75 Å². The minimum atomic E-state index is -0.166. The third-order valence-corrected chi connectivity index (χ3v) is 4.28. The van der Waals surface area contributed by atoms with E-state index in [-0.39, 0.29) is 17.8 Å². The fourth-order valence-electron chi connectivity index (χ4n) is 3.21. The lowest BCUT2D eigenvalue weighted by Crippen LogP contribution is -2.50. The van der Waals surface area contributed by atoms with Gasteiger partial charge < -0.3 is 15.2 Å². The summed E-state index contributed by atoms with van der Waals surface area (Å²) in [5.41, 5.74) is 1.36. The van der Waals surface area contributed by atoms with Gasteiger partial charge in [0.15, 0.2) is 0 Å². The van der Waals surface area contributed by atoms with Crippen molar-refractivity contribution in [3.8, 4) is 5.75 Å². The van der Waals surface area contributed by atoms with Crippen LogP contribution in [-0.4, -0.2) is 54.3 Å². The predicted octanol–water partition coefficient (Wildman–Crippen LogP) is 1.29. The molecule has 2 N–H and O–H groups in total. The standard InChI is InChI=1S/C16H22N2O3/c1-11-5-12(7-14(19)6-11)16(20)17-8-15-9-18-4-2-3-13(18)10-21-15/h5-7,13,15,19H,2-4,8-10H2,1H3,(H,17,20)/t13-,15+/m1/s1. The van der Waals surface area contributed by atoms with Crippen molar-refractivity contribution in [3.05, 3.63) is 29.3 Å². The summed E-state index contributed by atoms with van der Waals surface area (Å²) >= 11 is 0. The van der Waals surface area contributed by atoms with Crippen LogP contribution in [0.15, 0.2) is 18.2 Å². The summed E-state index contributed by atoms with van der Waals surface area (Å²) in [6, 6.07) is 5.47. The SMILES string of the molecule is Cc1cc(O)cc(C(=O)NC[C@H]2CN3CCC[C@@H]3CO2)c1. The Morgan fingerprint density at radius 1 is 1.48 bits per heavy atom. The Balaban J connectivity index is 1.53. The highest BCUT2D eigenvalue weighted by Crippen LogP contribution is 2.22. The number of aromatic hydroxyl groups is 1. The van der Waals surface area contributed by atoms with Gasteiger partial charge in [-0.2, -0.15) is 0 Å². The largest absolute Gasteiger partial charge is 0.508 e. The molecule has 0 aliphatic carbocycles. The summed E-state index contributed by atoms with van der Waals surface area (Å²) < 4.78 is 5.82. The van der Waals surface area contributed by atoms with E-state index >= 15 is 0 Å². The third kappa shape index (κ3) is 3.36. The van der Waals surface area contributed by atoms with Crippen molar-refractivity contribution in [1.29, 1.82) is 0 Å². The Kier molecular flexibility index (Phi) is 4.12. The van der Waals surface area contributed by atoms with E-state index in [1.807, 2.05) is 6.92 Å². The maximum absolute atomic E-state index is 12.1. The molecule has 2 fully saturated rings. The van der Waals surface area contributed by atoms with Crippen LogP contribution in [0, 0.1) is 6.92 Å². The lowest BCUT2D eigenvalue weighted by atomic mass is 10.1. The molecule has 2 atom stereocenters. The molecule has 1 aromatic carbocycles. The number of hydrogen-bond acceptors (Lipinski definition) is 4. The maximum Gasteiger partial charge on any atom is 0.251 e.